The fraction of sp³-hybridized carbons (Fsp3) is 0.455. The summed E-state index contributed by atoms with van der Waals surface area (Å²) in [6.07, 6.45) is 1.39. The molecule has 1 rings (SSSR count). The Hall–Kier alpha value is -0.800. The van der Waals surface area contributed by atoms with Crippen LogP contribution in [-0.2, 0) is 0 Å². The molecule has 0 saturated carbocycles. The van der Waals surface area contributed by atoms with Crippen molar-refractivity contribution in [2.24, 2.45) is 0 Å². The summed E-state index contributed by atoms with van der Waals surface area (Å²) in [6.45, 7) is 6.47. The Bertz CT molecular complexity index is 394. The maximum Gasteiger partial charge on any atom is 0.255 e. The highest BCUT2D eigenvalue weighted by molar-refractivity contribution is 6.35. The summed E-state index contributed by atoms with van der Waals surface area (Å²) in [4.78, 5) is 17.7. The molecule has 0 N–H and O–H groups in total. The van der Waals surface area contributed by atoms with Crippen LogP contribution in [0.15, 0.2) is 12.3 Å². The summed E-state index contributed by atoms with van der Waals surface area (Å²) in [5.41, 5.74) is 0.400. The monoisotopic (exact) mass is 260 g/mol. The van der Waals surface area contributed by atoms with Crippen molar-refractivity contribution in [3.8, 4) is 0 Å². The van der Waals surface area contributed by atoms with Crippen LogP contribution >= 0.6 is 23.2 Å². The molecule has 1 aromatic heterocycles. The van der Waals surface area contributed by atoms with E-state index in [0.717, 1.165) is 0 Å². The van der Waals surface area contributed by atoms with Gasteiger partial charge in [-0.15, -0.1) is 0 Å². The Morgan fingerprint density at radius 1 is 1.50 bits per heavy atom. The van der Waals surface area contributed by atoms with Gasteiger partial charge in [-0.1, -0.05) is 23.2 Å². The number of carbonyl (C=O) groups excluding carboxylic acids is 1. The van der Waals surface area contributed by atoms with Crippen molar-refractivity contribution in [3.05, 3.63) is 28.0 Å². The number of carbonyl (C=O) groups is 1. The molecule has 0 radical (unpaired) electrons. The van der Waals surface area contributed by atoms with E-state index >= 15 is 0 Å². The zero-order chi connectivity index (χ0) is 12.3. The van der Waals surface area contributed by atoms with E-state index in [1.807, 2.05) is 20.8 Å². The first-order chi connectivity index (χ1) is 7.47. The van der Waals surface area contributed by atoms with Gasteiger partial charge < -0.3 is 4.90 Å². The van der Waals surface area contributed by atoms with Gasteiger partial charge in [-0.2, -0.15) is 0 Å². The molecule has 0 aliphatic carbocycles. The normalized spacial score (nSPS) is 10.6. The number of hydrogen-bond donors (Lipinski definition) is 0. The van der Waals surface area contributed by atoms with Crippen LogP contribution in [0.5, 0.6) is 0 Å². The van der Waals surface area contributed by atoms with Crippen molar-refractivity contribution in [2.45, 2.75) is 26.8 Å². The molecule has 1 heterocycles. The van der Waals surface area contributed by atoms with Crippen LogP contribution in [-0.4, -0.2) is 28.4 Å². The predicted octanol–water partition coefficient (Wildman–Crippen LogP) is 3.26. The van der Waals surface area contributed by atoms with Crippen molar-refractivity contribution < 1.29 is 4.79 Å². The summed E-state index contributed by atoms with van der Waals surface area (Å²) in [5, 5.41) is 0.598. The van der Waals surface area contributed by atoms with Crippen LogP contribution in [0.4, 0.5) is 0 Å². The second kappa shape index (κ2) is 5.51. The Morgan fingerprint density at radius 3 is 2.62 bits per heavy atom. The number of rotatable bonds is 3. The lowest BCUT2D eigenvalue weighted by molar-refractivity contribution is 0.0717. The number of nitrogens with zero attached hydrogens (tertiary/aromatic N) is 2. The van der Waals surface area contributed by atoms with Crippen LogP contribution < -0.4 is 0 Å². The van der Waals surface area contributed by atoms with Gasteiger partial charge in [0.25, 0.3) is 5.91 Å². The Balaban J connectivity index is 3.08. The minimum Gasteiger partial charge on any atom is -0.336 e. The zero-order valence-corrected chi connectivity index (χ0v) is 11.0. The predicted molar refractivity (Wildman–Crippen MR) is 66.1 cm³/mol. The third-order valence-corrected chi connectivity index (χ3v) is 2.79. The summed E-state index contributed by atoms with van der Waals surface area (Å²) in [6, 6.07) is 1.62. The Kier molecular flexibility index (Phi) is 4.56. The van der Waals surface area contributed by atoms with E-state index in [1.165, 1.54) is 12.3 Å². The minimum atomic E-state index is -0.119. The average molecular weight is 261 g/mol. The smallest absolute Gasteiger partial charge is 0.255 e. The van der Waals surface area contributed by atoms with Crippen molar-refractivity contribution in [2.75, 3.05) is 6.54 Å². The lowest BCUT2D eigenvalue weighted by Crippen LogP contribution is -2.36. The number of amides is 1. The maximum atomic E-state index is 12.1. The highest BCUT2D eigenvalue weighted by Gasteiger charge is 2.19. The van der Waals surface area contributed by atoms with E-state index in [1.54, 1.807) is 4.90 Å². The molecular formula is C11H14Cl2N2O. The largest absolute Gasteiger partial charge is 0.336 e. The van der Waals surface area contributed by atoms with Crippen LogP contribution in [0, 0.1) is 0 Å². The van der Waals surface area contributed by atoms with Crippen molar-refractivity contribution in [1.29, 1.82) is 0 Å². The minimum absolute atomic E-state index is 0.119. The fourth-order valence-corrected chi connectivity index (χ4v) is 1.82. The summed E-state index contributed by atoms with van der Waals surface area (Å²) >= 11 is 11.7. The average Bonchev–Trinajstić information content (AvgIpc) is 2.22. The number of halogens is 2. The van der Waals surface area contributed by atoms with E-state index in [9.17, 15) is 4.79 Å². The molecule has 0 aliphatic heterocycles. The maximum absolute atomic E-state index is 12.1. The number of hydrogen-bond acceptors (Lipinski definition) is 2. The molecule has 0 fully saturated rings. The third-order valence-electron chi connectivity index (χ3n) is 2.28. The first-order valence-corrected chi connectivity index (χ1v) is 5.85. The molecule has 3 nitrogen and oxygen atoms in total. The van der Waals surface area contributed by atoms with E-state index in [0.29, 0.717) is 17.1 Å². The number of aromatic nitrogens is 1. The molecule has 0 bridgehead atoms. The molecule has 88 valence electrons. The van der Waals surface area contributed by atoms with Crippen molar-refractivity contribution in [1.82, 2.24) is 9.88 Å². The molecule has 1 aromatic rings. The van der Waals surface area contributed by atoms with Gasteiger partial charge in [0.15, 0.2) is 0 Å². The van der Waals surface area contributed by atoms with E-state index in [-0.39, 0.29) is 17.1 Å². The lowest BCUT2D eigenvalue weighted by atomic mass is 10.2. The van der Waals surface area contributed by atoms with Crippen molar-refractivity contribution in [3.63, 3.8) is 0 Å². The van der Waals surface area contributed by atoms with Gasteiger partial charge in [-0.25, -0.2) is 4.98 Å². The molecule has 1 amide bonds. The van der Waals surface area contributed by atoms with Crippen molar-refractivity contribution >= 4 is 29.1 Å². The van der Waals surface area contributed by atoms with Crippen LogP contribution in [0.3, 0.4) is 0 Å². The van der Waals surface area contributed by atoms with E-state index in [4.69, 9.17) is 23.2 Å². The van der Waals surface area contributed by atoms with Gasteiger partial charge in [-0.3, -0.25) is 4.79 Å². The first-order valence-electron chi connectivity index (χ1n) is 5.09. The first kappa shape index (κ1) is 13.3. The van der Waals surface area contributed by atoms with Crippen LogP contribution in [0.25, 0.3) is 0 Å². The number of pyridine rings is 1. The topological polar surface area (TPSA) is 33.2 Å². The van der Waals surface area contributed by atoms with E-state index in [2.05, 4.69) is 4.98 Å². The van der Waals surface area contributed by atoms with E-state index < -0.39 is 0 Å². The molecule has 0 aromatic carbocycles. The molecule has 0 unspecified atom stereocenters. The molecule has 16 heavy (non-hydrogen) atoms. The second-order valence-electron chi connectivity index (χ2n) is 3.67. The standard InChI is InChI=1S/C11H14Cl2N2O/c1-4-15(7(2)3)11(16)8-5-10(13)14-6-9(8)12/h5-7H,4H2,1-3H3. The quantitative estimate of drug-likeness (QED) is 0.782. The summed E-state index contributed by atoms with van der Waals surface area (Å²) in [7, 11) is 0. The highest BCUT2D eigenvalue weighted by atomic mass is 35.5. The second-order valence-corrected chi connectivity index (χ2v) is 4.47. The van der Waals surface area contributed by atoms with Gasteiger partial charge in [-0.05, 0) is 26.8 Å². The fourth-order valence-electron chi connectivity index (χ4n) is 1.48. The lowest BCUT2D eigenvalue weighted by Gasteiger charge is -2.25. The van der Waals surface area contributed by atoms with Gasteiger partial charge in [0.1, 0.15) is 5.15 Å². The molecular weight excluding hydrogens is 247 g/mol. The zero-order valence-electron chi connectivity index (χ0n) is 9.50. The van der Waals surface area contributed by atoms with Gasteiger partial charge in [0.2, 0.25) is 0 Å². The SMILES string of the molecule is CCN(C(=O)c1cc(Cl)ncc1Cl)C(C)C. The Morgan fingerprint density at radius 2 is 2.12 bits per heavy atom. The molecule has 0 atom stereocenters. The van der Waals surface area contributed by atoms with Crippen LogP contribution in [0.2, 0.25) is 10.2 Å². The summed E-state index contributed by atoms with van der Waals surface area (Å²) < 4.78 is 0. The third kappa shape index (κ3) is 2.86. The summed E-state index contributed by atoms with van der Waals surface area (Å²) in [5.74, 6) is -0.119. The highest BCUT2D eigenvalue weighted by Crippen LogP contribution is 2.20. The van der Waals surface area contributed by atoms with Gasteiger partial charge >= 0.3 is 0 Å². The Labute approximate surface area is 105 Å². The van der Waals surface area contributed by atoms with Crippen LogP contribution in [0.1, 0.15) is 31.1 Å². The molecule has 0 spiro atoms. The van der Waals surface area contributed by atoms with Gasteiger partial charge in [0, 0.05) is 18.8 Å². The molecule has 0 aliphatic rings. The molecule has 0 saturated heterocycles. The van der Waals surface area contributed by atoms with Gasteiger partial charge in [0.05, 0.1) is 10.6 Å². The molecule has 5 heteroatoms.